The van der Waals surface area contributed by atoms with Crippen molar-refractivity contribution in [1.29, 1.82) is 0 Å². The summed E-state index contributed by atoms with van der Waals surface area (Å²) < 4.78 is 10.4. The predicted molar refractivity (Wildman–Crippen MR) is 95.1 cm³/mol. The number of hydrogen-bond acceptors (Lipinski definition) is 6. The number of aldehydes is 1. The van der Waals surface area contributed by atoms with E-state index in [0.717, 1.165) is 5.56 Å². The Balaban J connectivity index is 2.14. The molecule has 0 unspecified atom stereocenters. The van der Waals surface area contributed by atoms with Crippen LogP contribution in [0.3, 0.4) is 0 Å². The number of ether oxygens (including phenoxy) is 2. The molecule has 136 valence electrons. The number of nitro benzene ring substituents is 1. The molecule has 0 aliphatic heterocycles. The van der Waals surface area contributed by atoms with Crippen molar-refractivity contribution in [3.8, 4) is 11.5 Å². The van der Waals surface area contributed by atoms with E-state index in [9.17, 15) is 19.7 Å². The summed E-state index contributed by atoms with van der Waals surface area (Å²) >= 11 is 0. The van der Waals surface area contributed by atoms with Gasteiger partial charge in [0.1, 0.15) is 17.2 Å². The zero-order valence-electron chi connectivity index (χ0n) is 14.6. The molecular formula is C18H18N2O6. The van der Waals surface area contributed by atoms with E-state index in [2.05, 4.69) is 5.32 Å². The van der Waals surface area contributed by atoms with Crippen molar-refractivity contribution in [2.45, 2.75) is 13.8 Å². The standard InChI is InChI=1S/C18H18N2O6/c1-11-4-6-15(20(23)24)18(12(11)2)19-17(22)10-26-16-7-5-14(25-3)8-13(16)9-21/h4-9H,10H2,1-3H3,(H,19,22). The fourth-order valence-electron chi connectivity index (χ4n) is 2.31. The largest absolute Gasteiger partial charge is 0.497 e. The van der Waals surface area contributed by atoms with Gasteiger partial charge < -0.3 is 14.8 Å². The number of nitro groups is 1. The van der Waals surface area contributed by atoms with Gasteiger partial charge in [0.05, 0.1) is 17.6 Å². The average molecular weight is 358 g/mol. The molecule has 1 N–H and O–H groups in total. The number of carbonyl (C=O) groups excluding carboxylic acids is 2. The smallest absolute Gasteiger partial charge is 0.293 e. The van der Waals surface area contributed by atoms with Crippen molar-refractivity contribution in [2.24, 2.45) is 0 Å². The van der Waals surface area contributed by atoms with E-state index in [0.29, 0.717) is 17.6 Å². The van der Waals surface area contributed by atoms with Gasteiger partial charge in [-0.3, -0.25) is 19.7 Å². The molecule has 1 amide bonds. The molecule has 0 atom stereocenters. The molecule has 0 saturated heterocycles. The molecule has 0 radical (unpaired) electrons. The monoisotopic (exact) mass is 358 g/mol. The lowest BCUT2D eigenvalue weighted by atomic mass is 10.1. The van der Waals surface area contributed by atoms with Crippen molar-refractivity contribution in [2.75, 3.05) is 19.0 Å². The number of methoxy groups -OCH3 is 1. The normalized spacial score (nSPS) is 10.1. The Morgan fingerprint density at radius 1 is 1.27 bits per heavy atom. The highest BCUT2D eigenvalue weighted by Crippen LogP contribution is 2.30. The summed E-state index contributed by atoms with van der Waals surface area (Å²) in [6, 6.07) is 7.54. The van der Waals surface area contributed by atoms with E-state index in [1.165, 1.54) is 25.3 Å². The predicted octanol–water partition coefficient (Wildman–Crippen LogP) is 3.05. The first-order chi connectivity index (χ1) is 12.4. The van der Waals surface area contributed by atoms with Gasteiger partial charge in [-0.2, -0.15) is 0 Å². The Hall–Kier alpha value is -3.42. The third-order valence-corrected chi connectivity index (χ3v) is 3.88. The summed E-state index contributed by atoms with van der Waals surface area (Å²) in [6.45, 7) is 3.07. The number of aryl methyl sites for hydroxylation is 1. The lowest BCUT2D eigenvalue weighted by molar-refractivity contribution is -0.384. The molecule has 0 saturated carbocycles. The van der Waals surface area contributed by atoms with Crippen molar-refractivity contribution in [3.63, 3.8) is 0 Å². The van der Waals surface area contributed by atoms with E-state index in [1.54, 1.807) is 26.0 Å². The summed E-state index contributed by atoms with van der Waals surface area (Å²) in [4.78, 5) is 33.9. The first-order valence-corrected chi connectivity index (χ1v) is 7.67. The maximum Gasteiger partial charge on any atom is 0.293 e. The molecule has 26 heavy (non-hydrogen) atoms. The van der Waals surface area contributed by atoms with Gasteiger partial charge in [0.15, 0.2) is 12.9 Å². The van der Waals surface area contributed by atoms with E-state index in [1.807, 2.05) is 0 Å². The van der Waals surface area contributed by atoms with Gasteiger partial charge >= 0.3 is 0 Å². The minimum atomic E-state index is -0.575. The summed E-state index contributed by atoms with van der Waals surface area (Å²) in [5.41, 5.74) is 1.58. The number of amides is 1. The van der Waals surface area contributed by atoms with Crippen molar-refractivity contribution >= 4 is 23.6 Å². The van der Waals surface area contributed by atoms with Crippen LogP contribution >= 0.6 is 0 Å². The molecule has 8 nitrogen and oxygen atoms in total. The highest BCUT2D eigenvalue weighted by atomic mass is 16.6. The topological polar surface area (TPSA) is 108 Å². The molecule has 2 rings (SSSR count). The van der Waals surface area contributed by atoms with Crippen LogP contribution in [0.5, 0.6) is 11.5 Å². The Labute approximate surface area is 149 Å². The van der Waals surface area contributed by atoms with Gasteiger partial charge in [-0.1, -0.05) is 6.07 Å². The molecular weight excluding hydrogens is 340 g/mol. The SMILES string of the molecule is COc1ccc(OCC(=O)Nc2c([N+](=O)[O-])ccc(C)c2C)c(C=O)c1. The van der Waals surface area contributed by atoms with Crippen molar-refractivity contribution in [3.05, 3.63) is 57.1 Å². The van der Waals surface area contributed by atoms with Crippen LogP contribution in [-0.4, -0.2) is 30.8 Å². The number of nitrogens with one attached hydrogen (secondary N) is 1. The first kappa shape index (κ1) is 18.9. The van der Waals surface area contributed by atoms with Crippen LogP contribution < -0.4 is 14.8 Å². The molecule has 8 heteroatoms. The van der Waals surface area contributed by atoms with Crippen LogP contribution in [0.4, 0.5) is 11.4 Å². The van der Waals surface area contributed by atoms with Crippen molar-refractivity contribution < 1.29 is 24.0 Å². The minimum Gasteiger partial charge on any atom is -0.497 e. The third-order valence-electron chi connectivity index (χ3n) is 3.88. The fourth-order valence-corrected chi connectivity index (χ4v) is 2.31. The van der Waals surface area contributed by atoms with Gasteiger partial charge in [0, 0.05) is 6.07 Å². The molecule has 0 spiro atoms. The second-order valence-corrected chi connectivity index (χ2v) is 5.52. The Morgan fingerprint density at radius 2 is 2.00 bits per heavy atom. The van der Waals surface area contributed by atoms with Crippen LogP contribution in [0.15, 0.2) is 30.3 Å². The molecule has 0 aliphatic rings. The zero-order valence-corrected chi connectivity index (χ0v) is 14.6. The molecule has 0 heterocycles. The number of benzene rings is 2. The molecule has 2 aromatic carbocycles. The van der Waals surface area contributed by atoms with E-state index < -0.39 is 17.4 Å². The average Bonchev–Trinajstić information content (AvgIpc) is 2.63. The van der Waals surface area contributed by atoms with Gasteiger partial charge in [-0.05, 0) is 43.2 Å². The molecule has 0 aliphatic carbocycles. The number of hydrogen-bond donors (Lipinski definition) is 1. The van der Waals surface area contributed by atoms with Crippen LogP contribution in [-0.2, 0) is 4.79 Å². The highest BCUT2D eigenvalue weighted by molar-refractivity contribution is 5.95. The summed E-state index contributed by atoms with van der Waals surface area (Å²) in [6.07, 6.45) is 0.589. The van der Waals surface area contributed by atoms with Gasteiger partial charge in [-0.15, -0.1) is 0 Å². The Morgan fingerprint density at radius 3 is 2.62 bits per heavy atom. The second-order valence-electron chi connectivity index (χ2n) is 5.52. The maximum atomic E-state index is 12.2. The van der Waals surface area contributed by atoms with Crippen LogP contribution in [0.2, 0.25) is 0 Å². The molecule has 0 bridgehead atoms. The number of rotatable bonds is 7. The van der Waals surface area contributed by atoms with Crippen LogP contribution in [0.1, 0.15) is 21.5 Å². The Bertz CT molecular complexity index is 863. The van der Waals surface area contributed by atoms with E-state index >= 15 is 0 Å². The number of carbonyl (C=O) groups is 2. The lowest BCUT2D eigenvalue weighted by Crippen LogP contribution is -2.22. The molecule has 0 aromatic heterocycles. The summed E-state index contributed by atoms with van der Waals surface area (Å²) in [5, 5.41) is 13.7. The summed E-state index contributed by atoms with van der Waals surface area (Å²) in [5.74, 6) is 0.121. The Kier molecular flexibility index (Phi) is 5.90. The number of nitrogens with zero attached hydrogens (tertiary/aromatic N) is 1. The third kappa shape index (κ3) is 4.15. The zero-order chi connectivity index (χ0) is 19.3. The summed E-state index contributed by atoms with van der Waals surface area (Å²) in [7, 11) is 1.47. The number of anilines is 1. The first-order valence-electron chi connectivity index (χ1n) is 7.67. The van der Waals surface area contributed by atoms with Gasteiger partial charge in [0.2, 0.25) is 0 Å². The van der Waals surface area contributed by atoms with Gasteiger partial charge in [-0.25, -0.2) is 0 Å². The van der Waals surface area contributed by atoms with E-state index in [-0.39, 0.29) is 22.7 Å². The van der Waals surface area contributed by atoms with Crippen molar-refractivity contribution in [1.82, 2.24) is 0 Å². The lowest BCUT2D eigenvalue weighted by Gasteiger charge is -2.12. The van der Waals surface area contributed by atoms with Gasteiger partial charge in [0.25, 0.3) is 11.6 Å². The van der Waals surface area contributed by atoms with E-state index in [4.69, 9.17) is 9.47 Å². The fraction of sp³-hybridized carbons (Fsp3) is 0.222. The highest BCUT2D eigenvalue weighted by Gasteiger charge is 2.19. The molecule has 2 aromatic rings. The second kappa shape index (κ2) is 8.11. The van der Waals surface area contributed by atoms with Crippen LogP contribution in [0, 0.1) is 24.0 Å². The molecule has 0 fully saturated rings. The minimum absolute atomic E-state index is 0.133. The quantitative estimate of drug-likeness (QED) is 0.463. The van der Waals surface area contributed by atoms with Crippen LogP contribution in [0.25, 0.3) is 0 Å². The maximum absolute atomic E-state index is 12.2.